The maximum absolute atomic E-state index is 10.6. The second kappa shape index (κ2) is 12.4. The van der Waals surface area contributed by atoms with Crippen LogP contribution in [0.2, 0.25) is 0 Å². The summed E-state index contributed by atoms with van der Waals surface area (Å²) in [6, 6.07) is 8.89. The number of rotatable bonds is 8. The van der Waals surface area contributed by atoms with E-state index in [1.807, 2.05) is 22.7 Å². The molecule has 9 heteroatoms. The Morgan fingerprint density at radius 1 is 1.07 bits per heavy atom. The lowest BCUT2D eigenvalue weighted by atomic mass is 9.81. The van der Waals surface area contributed by atoms with Gasteiger partial charge in [0.25, 0.3) is 0 Å². The van der Waals surface area contributed by atoms with Crippen molar-refractivity contribution >= 4 is 28.6 Å². The number of halogens is 3. The third-order valence-corrected chi connectivity index (χ3v) is 6.86. The van der Waals surface area contributed by atoms with Gasteiger partial charge in [-0.15, -0.1) is 22.7 Å². The van der Waals surface area contributed by atoms with E-state index in [1.54, 1.807) is 0 Å². The fraction of sp³-hybridized carbons (Fsp3) is 0.571. The van der Waals surface area contributed by atoms with Crippen LogP contribution in [0.25, 0.3) is 0 Å². The molecule has 0 saturated heterocycles. The number of thiophene rings is 2. The predicted octanol–water partition coefficient (Wildman–Crippen LogP) is 5.47. The minimum Gasteiger partial charge on any atom is -0.475 e. The summed E-state index contributed by atoms with van der Waals surface area (Å²) in [5.74, 6) is -0.977. The summed E-state index contributed by atoms with van der Waals surface area (Å²) in [5, 5.41) is 14.9. The van der Waals surface area contributed by atoms with Crippen LogP contribution in [-0.4, -0.2) is 42.3 Å². The number of carboxylic acid groups (broad SMARTS) is 1. The van der Waals surface area contributed by atoms with E-state index >= 15 is 0 Å². The predicted molar refractivity (Wildman–Crippen MR) is 116 cm³/mol. The van der Waals surface area contributed by atoms with Crippen LogP contribution in [0.15, 0.2) is 35.0 Å². The molecule has 0 atom stereocenters. The van der Waals surface area contributed by atoms with Crippen molar-refractivity contribution < 1.29 is 23.1 Å². The molecule has 1 aliphatic carbocycles. The Bertz CT molecular complexity index is 677. The second-order valence-electron chi connectivity index (χ2n) is 7.58. The molecule has 4 nitrogen and oxygen atoms in total. The van der Waals surface area contributed by atoms with Crippen molar-refractivity contribution in [1.82, 2.24) is 10.2 Å². The first-order valence-corrected chi connectivity index (χ1v) is 11.8. The lowest BCUT2D eigenvalue weighted by Gasteiger charge is -2.32. The fourth-order valence-electron chi connectivity index (χ4n) is 3.70. The summed E-state index contributed by atoms with van der Waals surface area (Å²) in [4.78, 5) is 14.5. The van der Waals surface area contributed by atoms with Gasteiger partial charge in [0, 0.05) is 29.4 Å². The number of hydrogen-bond acceptors (Lipinski definition) is 5. The van der Waals surface area contributed by atoms with Crippen LogP contribution in [0, 0.1) is 11.8 Å². The minimum atomic E-state index is -5.08. The maximum atomic E-state index is 10.6. The number of aliphatic carboxylic acids is 1. The van der Waals surface area contributed by atoms with Crippen molar-refractivity contribution in [1.29, 1.82) is 0 Å². The number of alkyl halides is 3. The highest BCUT2D eigenvalue weighted by Crippen LogP contribution is 2.30. The number of hydrogen-bond donors (Lipinski definition) is 2. The fourth-order valence-corrected chi connectivity index (χ4v) is 5.20. The SMILES string of the molecule is CNCC1CCC(CN(Cc2cccs2)Cc2cccs2)CC1.O=C(O)C(F)(F)F. The molecule has 2 N–H and O–H groups in total. The highest BCUT2D eigenvalue weighted by molar-refractivity contribution is 7.10. The van der Waals surface area contributed by atoms with Gasteiger partial charge in [-0.3, -0.25) is 4.90 Å². The largest absolute Gasteiger partial charge is 0.490 e. The van der Waals surface area contributed by atoms with Crippen LogP contribution >= 0.6 is 22.7 Å². The zero-order chi connectivity index (χ0) is 22.0. The van der Waals surface area contributed by atoms with Gasteiger partial charge in [-0.2, -0.15) is 13.2 Å². The number of nitrogens with zero attached hydrogens (tertiary/aromatic N) is 1. The van der Waals surface area contributed by atoms with Gasteiger partial charge in [0.15, 0.2) is 0 Å². The Hall–Kier alpha value is -1.42. The number of carboxylic acids is 1. The Kier molecular flexibility index (Phi) is 10.3. The van der Waals surface area contributed by atoms with Gasteiger partial charge in [-0.1, -0.05) is 12.1 Å². The summed E-state index contributed by atoms with van der Waals surface area (Å²) in [7, 11) is 2.08. The summed E-state index contributed by atoms with van der Waals surface area (Å²) in [5.41, 5.74) is 0. The van der Waals surface area contributed by atoms with Crippen molar-refractivity contribution in [3.8, 4) is 0 Å². The molecule has 168 valence electrons. The average Bonchev–Trinajstić information content (AvgIpc) is 3.37. The van der Waals surface area contributed by atoms with Crippen molar-refractivity contribution in [3.63, 3.8) is 0 Å². The van der Waals surface area contributed by atoms with E-state index in [0.29, 0.717) is 0 Å². The standard InChI is InChI=1S/C19H28N2S2.C2HF3O2/c1-20-12-16-6-8-17(9-7-16)13-21(14-18-4-2-10-22-18)15-19-5-3-11-23-19;3-2(4,5)1(6)7/h2-5,10-11,16-17,20H,6-9,12-15H2,1H3;(H,6,7). The molecule has 0 unspecified atom stereocenters. The molecule has 2 heterocycles. The Labute approximate surface area is 183 Å². The van der Waals surface area contributed by atoms with Gasteiger partial charge in [-0.05, 0) is 74.0 Å². The van der Waals surface area contributed by atoms with E-state index in [9.17, 15) is 13.2 Å². The molecule has 1 fully saturated rings. The van der Waals surface area contributed by atoms with Crippen LogP contribution in [0.1, 0.15) is 35.4 Å². The molecule has 0 bridgehead atoms. The zero-order valence-electron chi connectivity index (χ0n) is 17.0. The van der Waals surface area contributed by atoms with Gasteiger partial charge >= 0.3 is 12.1 Å². The highest BCUT2D eigenvalue weighted by atomic mass is 32.1. The van der Waals surface area contributed by atoms with Crippen LogP contribution in [0.4, 0.5) is 13.2 Å². The quantitative estimate of drug-likeness (QED) is 0.546. The van der Waals surface area contributed by atoms with E-state index in [-0.39, 0.29) is 0 Å². The summed E-state index contributed by atoms with van der Waals surface area (Å²) in [6.07, 6.45) is 0.518. The molecule has 0 spiro atoms. The Balaban J connectivity index is 0.000000396. The smallest absolute Gasteiger partial charge is 0.475 e. The highest BCUT2D eigenvalue weighted by Gasteiger charge is 2.38. The second-order valence-corrected chi connectivity index (χ2v) is 9.64. The monoisotopic (exact) mass is 462 g/mol. The van der Waals surface area contributed by atoms with E-state index in [1.165, 1.54) is 48.5 Å². The van der Waals surface area contributed by atoms with Crippen molar-refractivity contribution in [2.45, 2.75) is 44.9 Å². The third kappa shape index (κ3) is 9.16. The molecule has 0 amide bonds. The molecular formula is C21H29F3N2O2S2. The lowest BCUT2D eigenvalue weighted by Crippen LogP contribution is -2.32. The molecular weight excluding hydrogens is 433 g/mol. The van der Waals surface area contributed by atoms with E-state index in [0.717, 1.165) is 24.9 Å². The van der Waals surface area contributed by atoms with Crippen LogP contribution in [0.5, 0.6) is 0 Å². The summed E-state index contributed by atoms with van der Waals surface area (Å²) in [6.45, 7) is 4.65. The first kappa shape index (κ1) is 24.8. The first-order valence-electron chi connectivity index (χ1n) is 9.99. The molecule has 3 rings (SSSR count). The minimum absolute atomic E-state index is 0.878. The molecule has 1 aliphatic rings. The topological polar surface area (TPSA) is 52.6 Å². The Morgan fingerprint density at radius 2 is 1.53 bits per heavy atom. The average molecular weight is 463 g/mol. The van der Waals surface area contributed by atoms with Crippen molar-refractivity contribution in [3.05, 3.63) is 44.8 Å². The molecule has 1 saturated carbocycles. The molecule has 2 aromatic heterocycles. The zero-order valence-corrected chi connectivity index (χ0v) is 18.7. The number of carbonyl (C=O) groups is 1. The summed E-state index contributed by atoms with van der Waals surface area (Å²) >= 11 is 3.77. The summed E-state index contributed by atoms with van der Waals surface area (Å²) < 4.78 is 31.7. The number of nitrogens with one attached hydrogen (secondary N) is 1. The van der Waals surface area contributed by atoms with E-state index < -0.39 is 12.1 Å². The normalized spacial score (nSPS) is 19.4. The van der Waals surface area contributed by atoms with Crippen LogP contribution in [0.3, 0.4) is 0 Å². The van der Waals surface area contributed by atoms with Gasteiger partial charge in [0.2, 0.25) is 0 Å². The third-order valence-electron chi connectivity index (χ3n) is 5.14. The van der Waals surface area contributed by atoms with E-state index in [2.05, 4.69) is 52.3 Å². The lowest BCUT2D eigenvalue weighted by molar-refractivity contribution is -0.192. The van der Waals surface area contributed by atoms with Crippen molar-refractivity contribution in [2.75, 3.05) is 20.1 Å². The molecule has 0 aliphatic heterocycles. The van der Waals surface area contributed by atoms with Gasteiger partial charge in [-0.25, -0.2) is 4.79 Å². The van der Waals surface area contributed by atoms with Crippen LogP contribution < -0.4 is 5.32 Å². The van der Waals surface area contributed by atoms with Gasteiger partial charge in [0.1, 0.15) is 0 Å². The van der Waals surface area contributed by atoms with E-state index in [4.69, 9.17) is 9.90 Å². The Morgan fingerprint density at radius 3 is 1.90 bits per heavy atom. The van der Waals surface area contributed by atoms with Crippen LogP contribution in [-0.2, 0) is 17.9 Å². The molecule has 0 radical (unpaired) electrons. The molecule has 0 aromatic carbocycles. The van der Waals surface area contributed by atoms with Crippen molar-refractivity contribution in [2.24, 2.45) is 11.8 Å². The molecule has 30 heavy (non-hydrogen) atoms. The first-order chi connectivity index (χ1) is 14.3. The van der Waals surface area contributed by atoms with Gasteiger partial charge < -0.3 is 10.4 Å². The molecule has 2 aromatic rings. The van der Waals surface area contributed by atoms with Gasteiger partial charge in [0.05, 0.1) is 0 Å². The maximum Gasteiger partial charge on any atom is 0.490 e.